The van der Waals surface area contributed by atoms with Crippen LogP contribution in [0.15, 0.2) is 12.1 Å². The second kappa shape index (κ2) is 6.99. The summed E-state index contributed by atoms with van der Waals surface area (Å²) in [5, 5.41) is 0. The lowest BCUT2D eigenvalue weighted by Crippen LogP contribution is -2.60. The van der Waals surface area contributed by atoms with Gasteiger partial charge in [0.1, 0.15) is 0 Å². The number of carbonyl (C=O) groups excluding carboxylic acids is 1. The Morgan fingerprint density at radius 2 is 1.92 bits per heavy atom. The predicted octanol–water partition coefficient (Wildman–Crippen LogP) is 1.56. The molecule has 1 aromatic carbocycles. The number of hydrogen-bond donors (Lipinski definition) is 0. The van der Waals surface area contributed by atoms with Gasteiger partial charge in [-0.15, -0.1) is 0 Å². The van der Waals surface area contributed by atoms with Crippen molar-refractivity contribution in [3.63, 3.8) is 0 Å². The lowest BCUT2D eigenvalue weighted by Gasteiger charge is -2.46. The second-order valence-electron chi connectivity index (χ2n) is 6.55. The first-order valence-electron chi connectivity index (χ1n) is 8.39. The van der Waals surface area contributed by atoms with Gasteiger partial charge in [-0.05, 0) is 38.1 Å². The largest absolute Gasteiger partial charge is 0.493 e. The van der Waals surface area contributed by atoms with Crippen LogP contribution in [0, 0.1) is 6.92 Å². The smallest absolute Gasteiger partial charge is 0.254 e. The van der Waals surface area contributed by atoms with Crippen molar-refractivity contribution in [1.29, 1.82) is 0 Å². The number of fused-ring (bicyclic) bond motifs is 1. The molecule has 0 saturated carbocycles. The molecule has 132 valence electrons. The van der Waals surface area contributed by atoms with Crippen LogP contribution in [0.1, 0.15) is 22.3 Å². The number of likely N-dealkylation sites (N-methyl/N-ethyl adjacent to an activating group) is 1. The van der Waals surface area contributed by atoms with E-state index in [1.165, 1.54) is 0 Å². The molecule has 2 saturated heterocycles. The van der Waals surface area contributed by atoms with Crippen molar-refractivity contribution in [3.8, 4) is 11.5 Å². The van der Waals surface area contributed by atoms with E-state index >= 15 is 0 Å². The minimum atomic E-state index is 0.0436. The van der Waals surface area contributed by atoms with Gasteiger partial charge in [-0.25, -0.2) is 0 Å². The topological polar surface area (TPSA) is 51.2 Å². The number of amides is 1. The van der Waals surface area contributed by atoms with Crippen LogP contribution in [0.5, 0.6) is 11.5 Å². The number of likely N-dealkylation sites (tertiary alicyclic amines) is 1. The summed E-state index contributed by atoms with van der Waals surface area (Å²) in [6.07, 6.45) is 1.11. The van der Waals surface area contributed by atoms with E-state index in [-0.39, 0.29) is 18.1 Å². The van der Waals surface area contributed by atoms with E-state index in [0.717, 1.165) is 25.1 Å². The highest BCUT2D eigenvalue weighted by Crippen LogP contribution is 2.32. The molecule has 2 atom stereocenters. The molecule has 0 bridgehead atoms. The fourth-order valence-electron chi connectivity index (χ4n) is 3.65. The maximum Gasteiger partial charge on any atom is 0.254 e. The zero-order chi connectivity index (χ0) is 17.3. The SMILES string of the molecule is COc1cc(C)c(C(=O)N2CCO[C@@H]3CCN(C)C[C@H]32)cc1OC. The van der Waals surface area contributed by atoms with Crippen molar-refractivity contribution < 1.29 is 19.0 Å². The van der Waals surface area contributed by atoms with Crippen molar-refractivity contribution in [2.45, 2.75) is 25.5 Å². The average molecular weight is 334 g/mol. The van der Waals surface area contributed by atoms with Gasteiger partial charge in [0, 0.05) is 25.2 Å². The first-order chi connectivity index (χ1) is 11.5. The number of benzene rings is 1. The van der Waals surface area contributed by atoms with Gasteiger partial charge < -0.3 is 24.0 Å². The van der Waals surface area contributed by atoms with Crippen molar-refractivity contribution in [2.24, 2.45) is 0 Å². The summed E-state index contributed by atoms with van der Waals surface area (Å²) >= 11 is 0. The molecular formula is C18H26N2O4. The van der Waals surface area contributed by atoms with E-state index in [9.17, 15) is 4.79 Å². The quantitative estimate of drug-likeness (QED) is 0.840. The monoisotopic (exact) mass is 334 g/mol. The molecule has 0 aliphatic carbocycles. The minimum Gasteiger partial charge on any atom is -0.493 e. The van der Waals surface area contributed by atoms with Gasteiger partial charge in [0.05, 0.1) is 33.0 Å². The first kappa shape index (κ1) is 17.0. The first-order valence-corrected chi connectivity index (χ1v) is 8.39. The number of aryl methyl sites for hydroxylation is 1. The molecule has 6 heteroatoms. The van der Waals surface area contributed by atoms with E-state index in [4.69, 9.17) is 14.2 Å². The summed E-state index contributed by atoms with van der Waals surface area (Å²) < 4.78 is 16.6. The number of morpholine rings is 1. The molecule has 3 rings (SSSR count). The van der Waals surface area contributed by atoms with E-state index in [1.54, 1.807) is 20.3 Å². The number of hydrogen-bond acceptors (Lipinski definition) is 5. The molecule has 24 heavy (non-hydrogen) atoms. The average Bonchev–Trinajstić information content (AvgIpc) is 2.60. The summed E-state index contributed by atoms with van der Waals surface area (Å²) in [5.74, 6) is 1.27. The van der Waals surface area contributed by atoms with Crippen LogP contribution in [0.3, 0.4) is 0 Å². The maximum atomic E-state index is 13.2. The summed E-state index contributed by atoms with van der Waals surface area (Å²) in [6, 6.07) is 3.75. The molecule has 1 aromatic rings. The van der Waals surface area contributed by atoms with Crippen LogP contribution in [-0.2, 0) is 4.74 Å². The Hall–Kier alpha value is -1.79. The number of rotatable bonds is 3. The Labute approximate surface area is 143 Å². The van der Waals surface area contributed by atoms with Crippen molar-refractivity contribution in [3.05, 3.63) is 23.3 Å². The Morgan fingerprint density at radius 1 is 1.21 bits per heavy atom. The van der Waals surface area contributed by atoms with Crippen molar-refractivity contribution in [2.75, 3.05) is 47.5 Å². The van der Waals surface area contributed by atoms with Gasteiger partial charge in [-0.1, -0.05) is 0 Å². The molecule has 1 amide bonds. The highest BCUT2D eigenvalue weighted by molar-refractivity contribution is 5.96. The Balaban J connectivity index is 1.90. The van der Waals surface area contributed by atoms with Crippen LogP contribution in [0.2, 0.25) is 0 Å². The Kier molecular flexibility index (Phi) is 4.96. The van der Waals surface area contributed by atoms with Gasteiger partial charge in [-0.2, -0.15) is 0 Å². The fourth-order valence-corrected chi connectivity index (χ4v) is 3.65. The summed E-state index contributed by atoms with van der Waals surface area (Å²) in [4.78, 5) is 17.4. The van der Waals surface area contributed by atoms with Gasteiger partial charge in [0.15, 0.2) is 11.5 Å². The molecule has 0 spiro atoms. The van der Waals surface area contributed by atoms with Crippen LogP contribution in [0.4, 0.5) is 0 Å². The van der Waals surface area contributed by atoms with Crippen LogP contribution < -0.4 is 9.47 Å². The van der Waals surface area contributed by atoms with Gasteiger partial charge >= 0.3 is 0 Å². The summed E-state index contributed by atoms with van der Waals surface area (Å²) in [6.45, 7) is 5.02. The summed E-state index contributed by atoms with van der Waals surface area (Å²) in [5.41, 5.74) is 1.56. The highest BCUT2D eigenvalue weighted by Gasteiger charge is 2.39. The predicted molar refractivity (Wildman–Crippen MR) is 91.0 cm³/mol. The highest BCUT2D eigenvalue weighted by atomic mass is 16.5. The third-order valence-corrected chi connectivity index (χ3v) is 5.01. The van der Waals surface area contributed by atoms with Gasteiger partial charge in [0.25, 0.3) is 5.91 Å². The minimum absolute atomic E-state index is 0.0436. The molecule has 2 heterocycles. The van der Waals surface area contributed by atoms with Crippen LogP contribution in [-0.4, -0.2) is 75.4 Å². The Bertz CT molecular complexity index is 619. The third kappa shape index (κ3) is 3.08. The third-order valence-electron chi connectivity index (χ3n) is 5.01. The number of carbonyl (C=O) groups is 1. The molecule has 0 radical (unpaired) electrons. The van der Waals surface area contributed by atoms with Crippen molar-refractivity contribution in [1.82, 2.24) is 9.80 Å². The molecule has 2 fully saturated rings. The molecule has 0 unspecified atom stereocenters. The van der Waals surface area contributed by atoms with Gasteiger partial charge in [-0.3, -0.25) is 4.79 Å². The number of ether oxygens (including phenoxy) is 3. The van der Waals surface area contributed by atoms with Crippen LogP contribution >= 0.6 is 0 Å². The van der Waals surface area contributed by atoms with Crippen LogP contribution in [0.25, 0.3) is 0 Å². The molecule has 0 aromatic heterocycles. The zero-order valence-electron chi connectivity index (χ0n) is 14.9. The maximum absolute atomic E-state index is 13.2. The van der Waals surface area contributed by atoms with E-state index in [0.29, 0.717) is 30.2 Å². The van der Waals surface area contributed by atoms with Gasteiger partial charge in [0.2, 0.25) is 0 Å². The molecular weight excluding hydrogens is 308 g/mol. The van der Waals surface area contributed by atoms with E-state index in [1.807, 2.05) is 17.9 Å². The number of methoxy groups -OCH3 is 2. The van der Waals surface area contributed by atoms with E-state index < -0.39 is 0 Å². The normalized spacial score (nSPS) is 24.4. The zero-order valence-corrected chi connectivity index (χ0v) is 14.9. The molecule has 6 nitrogen and oxygen atoms in total. The summed E-state index contributed by atoms with van der Waals surface area (Å²) in [7, 11) is 5.28. The van der Waals surface area contributed by atoms with E-state index in [2.05, 4.69) is 11.9 Å². The van der Waals surface area contributed by atoms with Crippen molar-refractivity contribution >= 4 is 5.91 Å². The molecule has 2 aliphatic rings. The second-order valence-corrected chi connectivity index (χ2v) is 6.55. The lowest BCUT2D eigenvalue weighted by molar-refractivity contribution is -0.0870. The Morgan fingerprint density at radius 3 is 2.62 bits per heavy atom. The molecule has 0 N–H and O–H groups in total. The lowest BCUT2D eigenvalue weighted by atomic mass is 9.97. The number of nitrogens with zero attached hydrogens (tertiary/aromatic N) is 2. The number of piperidine rings is 1. The standard InChI is InChI=1S/C18H26N2O4/c1-12-9-16(22-3)17(23-4)10-13(12)18(21)20-7-8-24-15-5-6-19(2)11-14(15)20/h9-10,14-15H,5-8,11H2,1-4H3/t14-,15-/m1/s1. The fraction of sp³-hybridized carbons (Fsp3) is 0.611. The molecule has 2 aliphatic heterocycles.